The van der Waals surface area contributed by atoms with Gasteiger partial charge in [0.1, 0.15) is 5.01 Å². The van der Waals surface area contributed by atoms with E-state index >= 15 is 0 Å². The van der Waals surface area contributed by atoms with Crippen molar-refractivity contribution in [2.75, 3.05) is 5.75 Å². The fourth-order valence-corrected chi connectivity index (χ4v) is 3.97. The van der Waals surface area contributed by atoms with Gasteiger partial charge in [-0.05, 0) is 43.0 Å². The Balaban J connectivity index is 2.38. The van der Waals surface area contributed by atoms with Gasteiger partial charge in [0.05, 0.1) is 10.6 Å². The molecule has 2 aromatic heterocycles. The number of hydrogen-bond acceptors (Lipinski definition) is 4. The van der Waals surface area contributed by atoms with E-state index in [9.17, 15) is 0 Å². The molecule has 0 aliphatic carbocycles. The van der Waals surface area contributed by atoms with Gasteiger partial charge in [0.2, 0.25) is 0 Å². The van der Waals surface area contributed by atoms with Gasteiger partial charge >= 0.3 is 0 Å². The van der Waals surface area contributed by atoms with Gasteiger partial charge < -0.3 is 0 Å². The van der Waals surface area contributed by atoms with Crippen molar-refractivity contribution in [1.82, 2.24) is 4.98 Å². The smallest absolute Gasteiger partial charge is 0.134 e. The van der Waals surface area contributed by atoms with Gasteiger partial charge in [0, 0.05) is 4.88 Å². The van der Waals surface area contributed by atoms with Crippen LogP contribution in [0.2, 0.25) is 0 Å². The standard InChI is InChI=1S/C11H13NS3/c1-7-4-6-14-10(7)11-12-8(2)9(15-11)3-5-13/h4,6,13H,3,5H2,1-2H3. The lowest BCUT2D eigenvalue weighted by atomic mass is 10.3. The Morgan fingerprint density at radius 2 is 2.20 bits per heavy atom. The number of thiol groups is 1. The van der Waals surface area contributed by atoms with Crippen LogP contribution in [0.3, 0.4) is 0 Å². The van der Waals surface area contributed by atoms with Crippen molar-refractivity contribution in [2.24, 2.45) is 0 Å². The number of aromatic nitrogens is 1. The number of rotatable bonds is 3. The summed E-state index contributed by atoms with van der Waals surface area (Å²) in [7, 11) is 0. The van der Waals surface area contributed by atoms with Crippen LogP contribution in [-0.4, -0.2) is 10.7 Å². The minimum absolute atomic E-state index is 0.895. The second-order valence-electron chi connectivity index (χ2n) is 3.43. The fraction of sp³-hybridized carbons (Fsp3) is 0.364. The van der Waals surface area contributed by atoms with E-state index in [0.29, 0.717) is 0 Å². The molecule has 0 N–H and O–H groups in total. The topological polar surface area (TPSA) is 12.9 Å². The van der Waals surface area contributed by atoms with E-state index in [1.54, 1.807) is 22.7 Å². The highest BCUT2D eigenvalue weighted by molar-refractivity contribution is 7.80. The van der Waals surface area contributed by atoms with E-state index < -0.39 is 0 Å². The monoisotopic (exact) mass is 255 g/mol. The van der Waals surface area contributed by atoms with Crippen molar-refractivity contribution < 1.29 is 0 Å². The highest BCUT2D eigenvalue weighted by Crippen LogP contribution is 2.34. The molecular weight excluding hydrogens is 242 g/mol. The van der Waals surface area contributed by atoms with Crippen molar-refractivity contribution in [3.05, 3.63) is 27.6 Å². The molecule has 0 saturated carbocycles. The summed E-state index contributed by atoms with van der Waals surface area (Å²) >= 11 is 7.84. The van der Waals surface area contributed by atoms with Gasteiger partial charge in [-0.2, -0.15) is 12.6 Å². The zero-order chi connectivity index (χ0) is 10.8. The molecule has 0 fully saturated rings. The maximum atomic E-state index is 4.63. The minimum atomic E-state index is 0.895. The summed E-state index contributed by atoms with van der Waals surface area (Å²) in [6, 6.07) is 2.15. The molecule has 80 valence electrons. The molecule has 1 nitrogen and oxygen atoms in total. The molecule has 0 amide bonds. The summed E-state index contributed by atoms with van der Waals surface area (Å²) in [5.74, 6) is 0.895. The SMILES string of the molecule is Cc1ccsc1-c1nc(C)c(CCS)s1. The average Bonchev–Trinajstić information content (AvgIpc) is 2.75. The first kappa shape index (κ1) is 11.2. The first-order valence-corrected chi connectivity index (χ1v) is 7.17. The molecule has 4 heteroatoms. The lowest BCUT2D eigenvalue weighted by Gasteiger charge is -1.91. The van der Waals surface area contributed by atoms with Gasteiger partial charge in [0.25, 0.3) is 0 Å². The normalized spacial score (nSPS) is 10.9. The van der Waals surface area contributed by atoms with Crippen LogP contribution in [0.1, 0.15) is 16.1 Å². The Hall–Kier alpha value is -0.320. The number of aryl methyl sites for hydroxylation is 3. The molecule has 0 radical (unpaired) electrons. The summed E-state index contributed by atoms with van der Waals surface area (Å²) in [5.41, 5.74) is 2.49. The second kappa shape index (κ2) is 4.68. The molecule has 0 aromatic carbocycles. The quantitative estimate of drug-likeness (QED) is 0.819. The molecule has 0 atom stereocenters. The van der Waals surface area contributed by atoms with Gasteiger partial charge in [0.15, 0.2) is 0 Å². The van der Waals surface area contributed by atoms with Crippen LogP contribution in [0.25, 0.3) is 9.88 Å². The molecule has 0 aliphatic heterocycles. The zero-order valence-corrected chi connectivity index (χ0v) is 11.3. The largest absolute Gasteiger partial charge is 0.240 e. The molecule has 0 aliphatic rings. The Labute approximate surface area is 104 Å². The average molecular weight is 255 g/mol. The summed E-state index contributed by atoms with van der Waals surface area (Å²) in [4.78, 5) is 7.31. The van der Waals surface area contributed by atoms with Crippen LogP contribution in [0, 0.1) is 13.8 Å². The highest BCUT2D eigenvalue weighted by atomic mass is 32.1. The van der Waals surface area contributed by atoms with Crippen molar-refractivity contribution in [3.8, 4) is 9.88 Å². The van der Waals surface area contributed by atoms with Crippen molar-refractivity contribution >= 4 is 35.3 Å². The third-order valence-corrected chi connectivity index (χ3v) is 4.90. The number of hydrogen-bond donors (Lipinski definition) is 1. The van der Waals surface area contributed by atoms with E-state index in [4.69, 9.17) is 0 Å². The van der Waals surface area contributed by atoms with Crippen LogP contribution in [-0.2, 0) is 6.42 Å². The van der Waals surface area contributed by atoms with Crippen LogP contribution in [0.15, 0.2) is 11.4 Å². The summed E-state index contributed by atoms with van der Waals surface area (Å²) in [6.07, 6.45) is 1.02. The predicted octanol–water partition coefficient (Wildman–Crippen LogP) is 3.96. The van der Waals surface area contributed by atoms with Crippen molar-refractivity contribution in [2.45, 2.75) is 20.3 Å². The molecule has 0 unspecified atom stereocenters. The zero-order valence-electron chi connectivity index (χ0n) is 8.78. The highest BCUT2D eigenvalue weighted by Gasteiger charge is 2.11. The fourth-order valence-electron chi connectivity index (χ4n) is 1.45. The first-order valence-electron chi connectivity index (χ1n) is 4.84. The molecule has 0 bridgehead atoms. The molecule has 15 heavy (non-hydrogen) atoms. The Morgan fingerprint density at radius 3 is 2.80 bits per heavy atom. The van der Waals surface area contributed by atoms with E-state index in [0.717, 1.165) is 22.9 Å². The number of thiazole rings is 1. The summed E-state index contributed by atoms with van der Waals surface area (Å²) in [5, 5.41) is 3.29. The van der Waals surface area contributed by atoms with E-state index in [-0.39, 0.29) is 0 Å². The van der Waals surface area contributed by atoms with E-state index in [2.05, 4.69) is 42.9 Å². The van der Waals surface area contributed by atoms with Crippen molar-refractivity contribution in [3.63, 3.8) is 0 Å². The van der Waals surface area contributed by atoms with Gasteiger partial charge in [-0.15, -0.1) is 22.7 Å². The second-order valence-corrected chi connectivity index (χ2v) is 5.88. The number of nitrogens with zero attached hydrogens (tertiary/aromatic N) is 1. The molecule has 2 heterocycles. The van der Waals surface area contributed by atoms with Crippen LogP contribution < -0.4 is 0 Å². The Bertz CT molecular complexity index is 456. The molecule has 0 saturated heterocycles. The van der Waals surface area contributed by atoms with E-state index in [1.165, 1.54) is 15.3 Å². The number of thiophene rings is 1. The maximum absolute atomic E-state index is 4.63. The third kappa shape index (κ3) is 2.27. The van der Waals surface area contributed by atoms with Gasteiger partial charge in [-0.1, -0.05) is 0 Å². The lowest BCUT2D eigenvalue weighted by molar-refractivity contribution is 1.13. The van der Waals surface area contributed by atoms with Crippen LogP contribution in [0.5, 0.6) is 0 Å². The van der Waals surface area contributed by atoms with Crippen molar-refractivity contribution in [1.29, 1.82) is 0 Å². The molecule has 2 rings (SSSR count). The minimum Gasteiger partial charge on any atom is -0.240 e. The lowest BCUT2D eigenvalue weighted by Crippen LogP contribution is -1.84. The van der Waals surface area contributed by atoms with Gasteiger partial charge in [-0.3, -0.25) is 0 Å². The molecule has 0 spiro atoms. The first-order chi connectivity index (χ1) is 7.22. The van der Waals surface area contributed by atoms with E-state index in [1.807, 2.05) is 0 Å². The van der Waals surface area contributed by atoms with Crippen LogP contribution >= 0.6 is 35.3 Å². The van der Waals surface area contributed by atoms with Crippen LogP contribution in [0.4, 0.5) is 0 Å². The Kier molecular flexibility index (Phi) is 3.49. The molecular formula is C11H13NS3. The summed E-state index contributed by atoms with van der Waals surface area (Å²) in [6.45, 7) is 4.22. The predicted molar refractivity (Wildman–Crippen MR) is 72.5 cm³/mol. The Morgan fingerprint density at radius 1 is 1.40 bits per heavy atom. The summed E-state index contributed by atoms with van der Waals surface area (Å²) < 4.78 is 0. The third-order valence-electron chi connectivity index (χ3n) is 2.29. The maximum Gasteiger partial charge on any atom is 0.134 e. The molecule has 2 aromatic rings. The van der Waals surface area contributed by atoms with Gasteiger partial charge in [-0.25, -0.2) is 4.98 Å².